The van der Waals surface area contributed by atoms with Crippen molar-refractivity contribution >= 4 is 17.8 Å². The third-order valence-electron chi connectivity index (χ3n) is 3.85. The molecule has 2 rings (SSSR count). The zero-order valence-corrected chi connectivity index (χ0v) is 10.8. The highest BCUT2D eigenvalue weighted by Gasteiger charge is 2.45. The summed E-state index contributed by atoms with van der Waals surface area (Å²) in [7, 11) is 0. The number of amides is 2. The summed E-state index contributed by atoms with van der Waals surface area (Å²) >= 11 is 0. The maximum atomic E-state index is 12.1. The Labute approximate surface area is 106 Å². The van der Waals surface area contributed by atoms with Crippen LogP contribution in [0.15, 0.2) is 0 Å². The monoisotopic (exact) mass is 253 g/mol. The SMILES string of the molecule is CC(=O)O[C@@H]1CC(=O)N([C@@H]2CCCC[C@H]2C)C1=O. The molecule has 0 spiro atoms. The molecule has 1 aliphatic carbocycles. The molecule has 1 saturated carbocycles. The molecule has 0 aromatic rings. The number of hydrogen-bond acceptors (Lipinski definition) is 4. The van der Waals surface area contributed by atoms with E-state index in [9.17, 15) is 14.4 Å². The first-order chi connectivity index (χ1) is 8.50. The van der Waals surface area contributed by atoms with Crippen molar-refractivity contribution in [1.29, 1.82) is 0 Å². The first-order valence-corrected chi connectivity index (χ1v) is 6.54. The minimum Gasteiger partial charge on any atom is -0.452 e. The molecule has 0 aromatic carbocycles. The largest absolute Gasteiger partial charge is 0.452 e. The second-order valence-electron chi connectivity index (χ2n) is 5.23. The second-order valence-corrected chi connectivity index (χ2v) is 5.23. The molecular formula is C13H19NO4. The topological polar surface area (TPSA) is 63.7 Å². The summed E-state index contributed by atoms with van der Waals surface area (Å²) in [4.78, 5) is 36.3. The lowest BCUT2D eigenvalue weighted by Gasteiger charge is -2.34. The first-order valence-electron chi connectivity index (χ1n) is 6.54. The number of ether oxygens (including phenoxy) is 1. The van der Waals surface area contributed by atoms with Crippen LogP contribution in [0.4, 0.5) is 0 Å². The number of rotatable bonds is 2. The van der Waals surface area contributed by atoms with Gasteiger partial charge in [-0.25, -0.2) is 0 Å². The van der Waals surface area contributed by atoms with Gasteiger partial charge < -0.3 is 4.74 Å². The molecule has 1 saturated heterocycles. The number of hydrogen-bond donors (Lipinski definition) is 0. The molecule has 5 nitrogen and oxygen atoms in total. The molecule has 0 N–H and O–H groups in total. The molecule has 1 heterocycles. The fraction of sp³-hybridized carbons (Fsp3) is 0.769. The maximum absolute atomic E-state index is 12.1. The minimum atomic E-state index is -0.899. The standard InChI is InChI=1S/C13H19NO4/c1-8-5-3-4-6-10(8)14-12(16)7-11(13(14)17)18-9(2)15/h8,10-11H,3-7H2,1-2H3/t8-,10-,11-/m1/s1. The van der Waals surface area contributed by atoms with E-state index in [1.54, 1.807) is 0 Å². The summed E-state index contributed by atoms with van der Waals surface area (Å²) in [6, 6.07) is -0.0145. The van der Waals surface area contributed by atoms with Gasteiger partial charge in [-0.15, -0.1) is 0 Å². The Morgan fingerprint density at radius 1 is 1.28 bits per heavy atom. The number of carbonyl (C=O) groups excluding carboxylic acids is 3. The molecular weight excluding hydrogens is 234 g/mol. The van der Waals surface area contributed by atoms with Gasteiger partial charge in [-0.1, -0.05) is 19.8 Å². The summed E-state index contributed by atoms with van der Waals surface area (Å²) in [5.41, 5.74) is 0. The predicted molar refractivity (Wildman–Crippen MR) is 63.4 cm³/mol. The van der Waals surface area contributed by atoms with E-state index in [1.165, 1.54) is 11.8 Å². The van der Waals surface area contributed by atoms with Crippen molar-refractivity contribution in [1.82, 2.24) is 4.90 Å². The summed E-state index contributed by atoms with van der Waals surface area (Å²) in [5.74, 6) is -0.721. The van der Waals surface area contributed by atoms with E-state index in [4.69, 9.17) is 4.74 Å². The Morgan fingerprint density at radius 3 is 2.56 bits per heavy atom. The van der Waals surface area contributed by atoms with Gasteiger partial charge in [-0.05, 0) is 18.8 Å². The highest BCUT2D eigenvalue weighted by atomic mass is 16.5. The Bertz CT molecular complexity index is 379. The van der Waals surface area contributed by atoms with Gasteiger partial charge in [0, 0.05) is 13.0 Å². The third kappa shape index (κ3) is 2.40. The summed E-state index contributed by atoms with van der Waals surface area (Å²) in [6.07, 6.45) is 3.21. The number of imide groups is 1. The number of nitrogens with zero attached hydrogens (tertiary/aromatic N) is 1. The maximum Gasteiger partial charge on any atom is 0.303 e. The van der Waals surface area contributed by atoms with Crippen LogP contribution >= 0.6 is 0 Å². The van der Waals surface area contributed by atoms with Crippen molar-refractivity contribution in [2.45, 2.75) is 58.1 Å². The first kappa shape index (κ1) is 13.1. The minimum absolute atomic E-state index is 0.00162. The van der Waals surface area contributed by atoms with E-state index in [-0.39, 0.29) is 24.3 Å². The average Bonchev–Trinajstić information content (AvgIpc) is 2.55. The quantitative estimate of drug-likeness (QED) is 0.549. The highest BCUT2D eigenvalue weighted by Crippen LogP contribution is 2.32. The van der Waals surface area contributed by atoms with Crippen LogP contribution in [0, 0.1) is 5.92 Å². The van der Waals surface area contributed by atoms with Crippen LogP contribution in [0.5, 0.6) is 0 Å². The van der Waals surface area contributed by atoms with Crippen LogP contribution in [0.3, 0.4) is 0 Å². The molecule has 100 valence electrons. The molecule has 0 aromatic heterocycles. The van der Waals surface area contributed by atoms with E-state index in [0.29, 0.717) is 5.92 Å². The zero-order valence-electron chi connectivity index (χ0n) is 10.8. The highest BCUT2D eigenvalue weighted by molar-refractivity contribution is 6.06. The molecule has 0 unspecified atom stereocenters. The lowest BCUT2D eigenvalue weighted by Crippen LogP contribution is -2.46. The van der Waals surface area contributed by atoms with Gasteiger partial charge in [0.1, 0.15) is 0 Å². The van der Waals surface area contributed by atoms with Crippen LogP contribution < -0.4 is 0 Å². The third-order valence-corrected chi connectivity index (χ3v) is 3.85. The van der Waals surface area contributed by atoms with Gasteiger partial charge in [0.15, 0.2) is 6.10 Å². The van der Waals surface area contributed by atoms with Crippen molar-refractivity contribution in [3.8, 4) is 0 Å². The number of esters is 1. The summed E-state index contributed by atoms with van der Waals surface area (Å²) < 4.78 is 4.90. The van der Waals surface area contributed by atoms with Gasteiger partial charge in [0.25, 0.3) is 5.91 Å². The van der Waals surface area contributed by atoms with E-state index in [0.717, 1.165) is 25.7 Å². The van der Waals surface area contributed by atoms with E-state index < -0.39 is 12.1 Å². The Kier molecular flexibility index (Phi) is 3.68. The van der Waals surface area contributed by atoms with E-state index in [2.05, 4.69) is 6.92 Å². The fourth-order valence-corrected chi connectivity index (χ4v) is 2.94. The lowest BCUT2D eigenvalue weighted by atomic mass is 9.85. The Morgan fingerprint density at radius 2 is 1.94 bits per heavy atom. The normalized spacial score (nSPS) is 32.8. The van der Waals surface area contributed by atoms with Crippen molar-refractivity contribution in [3.63, 3.8) is 0 Å². The van der Waals surface area contributed by atoms with Crippen LogP contribution in [0.2, 0.25) is 0 Å². The molecule has 0 bridgehead atoms. The van der Waals surface area contributed by atoms with Gasteiger partial charge in [-0.2, -0.15) is 0 Å². The molecule has 0 radical (unpaired) electrons. The van der Waals surface area contributed by atoms with Crippen molar-refractivity contribution in [2.75, 3.05) is 0 Å². The smallest absolute Gasteiger partial charge is 0.303 e. The van der Waals surface area contributed by atoms with Crippen LogP contribution in [0.25, 0.3) is 0 Å². The van der Waals surface area contributed by atoms with Crippen LogP contribution in [-0.2, 0) is 19.1 Å². The summed E-state index contributed by atoms with van der Waals surface area (Å²) in [5, 5.41) is 0. The molecule has 1 aliphatic heterocycles. The molecule has 2 amide bonds. The molecule has 2 aliphatic rings. The molecule has 5 heteroatoms. The fourth-order valence-electron chi connectivity index (χ4n) is 2.94. The Hall–Kier alpha value is -1.39. The van der Waals surface area contributed by atoms with E-state index in [1.807, 2.05) is 0 Å². The van der Waals surface area contributed by atoms with Crippen molar-refractivity contribution in [2.24, 2.45) is 5.92 Å². The van der Waals surface area contributed by atoms with E-state index >= 15 is 0 Å². The second kappa shape index (κ2) is 5.08. The molecule has 3 atom stereocenters. The predicted octanol–water partition coefficient (Wildman–Crippen LogP) is 1.26. The zero-order chi connectivity index (χ0) is 13.3. The summed E-state index contributed by atoms with van der Waals surface area (Å²) in [6.45, 7) is 3.33. The van der Waals surface area contributed by atoms with Crippen molar-refractivity contribution < 1.29 is 19.1 Å². The molecule has 18 heavy (non-hydrogen) atoms. The average molecular weight is 253 g/mol. The van der Waals surface area contributed by atoms with Gasteiger partial charge >= 0.3 is 5.97 Å². The Balaban J connectivity index is 2.10. The van der Waals surface area contributed by atoms with Crippen molar-refractivity contribution in [3.05, 3.63) is 0 Å². The number of likely N-dealkylation sites (tertiary alicyclic amines) is 1. The van der Waals surface area contributed by atoms with Gasteiger partial charge in [-0.3, -0.25) is 19.3 Å². The van der Waals surface area contributed by atoms with Gasteiger partial charge in [0.05, 0.1) is 6.42 Å². The van der Waals surface area contributed by atoms with Crippen LogP contribution in [-0.4, -0.2) is 34.8 Å². The molecule has 2 fully saturated rings. The van der Waals surface area contributed by atoms with Crippen LogP contribution in [0.1, 0.15) is 46.0 Å². The van der Waals surface area contributed by atoms with Gasteiger partial charge in [0.2, 0.25) is 5.91 Å². The number of carbonyl (C=O) groups is 3. The lowest BCUT2D eigenvalue weighted by molar-refractivity contribution is -0.156.